The van der Waals surface area contributed by atoms with E-state index in [0.29, 0.717) is 18.1 Å². The van der Waals surface area contributed by atoms with Crippen LogP contribution in [0.25, 0.3) is 22.2 Å². The second kappa shape index (κ2) is 6.52. The number of halogens is 1. The Morgan fingerprint density at radius 3 is 2.96 bits per heavy atom. The Morgan fingerprint density at radius 2 is 2.12 bits per heavy atom. The van der Waals surface area contributed by atoms with E-state index in [1.807, 2.05) is 36.5 Å². The number of nitrogens with two attached hydrogens (primary N) is 1. The molecule has 0 radical (unpaired) electrons. The van der Waals surface area contributed by atoms with Crippen LogP contribution in [0.5, 0.6) is 5.75 Å². The van der Waals surface area contributed by atoms with Gasteiger partial charge in [0.15, 0.2) is 5.75 Å². The predicted octanol–water partition coefficient (Wildman–Crippen LogP) is 3.94. The van der Waals surface area contributed by atoms with Gasteiger partial charge < -0.3 is 15.5 Å². The van der Waals surface area contributed by atoms with Crippen LogP contribution in [0, 0.1) is 0 Å². The van der Waals surface area contributed by atoms with Gasteiger partial charge in [0.05, 0.1) is 6.20 Å². The number of benzene rings is 1. The van der Waals surface area contributed by atoms with Gasteiger partial charge in [-0.05, 0) is 24.3 Å². The standard InChI is InChI=1S/C18H14BrN5O/c19-12-3-4-15-13(6-12)14(8-22-15)17-16(9-23-18(20)24-17)25-10-11-2-1-5-21-7-11/h1-9,22H,10H2,(H2,20,23,24). The van der Waals surface area contributed by atoms with Gasteiger partial charge in [-0.15, -0.1) is 0 Å². The third-order valence-electron chi connectivity index (χ3n) is 3.79. The molecule has 0 amide bonds. The molecule has 0 spiro atoms. The van der Waals surface area contributed by atoms with E-state index in [1.54, 1.807) is 18.6 Å². The second-order valence-electron chi connectivity index (χ2n) is 5.48. The molecule has 0 aliphatic carbocycles. The Morgan fingerprint density at radius 1 is 1.20 bits per heavy atom. The minimum atomic E-state index is 0.202. The summed E-state index contributed by atoms with van der Waals surface area (Å²) in [5.74, 6) is 0.770. The lowest BCUT2D eigenvalue weighted by molar-refractivity contribution is 0.305. The summed E-state index contributed by atoms with van der Waals surface area (Å²) in [5, 5.41) is 1.03. The lowest BCUT2D eigenvalue weighted by atomic mass is 10.1. The number of pyridine rings is 1. The first-order chi connectivity index (χ1) is 12.2. The van der Waals surface area contributed by atoms with Crippen LogP contribution in [0.1, 0.15) is 5.56 Å². The van der Waals surface area contributed by atoms with Gasteiger partial charge in [-0.25, -0.2) is 9.97 Å². The number of aromatic nitrogens is 4. The van der Waals surface area contributed by atoms with Crippen molar-refractivity contribution in [3.05, 3.63) is 65.2 Å². The summed E-state index contributed by atoms with van der Waals surface area (Å²) in [5.41, 5.74) is 9.34. The first-order valence-corrected chi connectivity index (χ1v) is 8.41. The highest BCUT2D eigenvalue weighted by atomic mass is 79.9. The smallest absolute Gasteiger partial charge is 0.220 e. The fraction of sp³-hybridized carbons (Fsp3) is 0.0556. The van der Waals surface area contributed by atoms with E-state index in [-0.39, 0.29) is 5.95 Å². The SMILES string of the molecule is Nc1ncc(OCc2cccnc2)c(-c2c[nH]c3ccc(Br)cc23)n1. The van der Waals surface area contributed by atoms with Crippen molar-refractivity contribution in [1.29, 1.82) is 0 Å². The van der Waals surface area contributed by atoms with Gasteiger partial charge in [0.25, 0.3) is 0 Å². The maximum Gasteiger partial charge on any atom is 0.220 e. The number of ether oxygens (including phenoxy) is 1. The third kappa shape index (κ3) is 3.18. The minimum absolute atomic E-state index is 0.202. The summed E-state index contributed by atoms with van der Waals surface area (Å²) < 4.78 is 6.92. The maximum absolute atomic E-state index is 5.93. The van der Waals surface area contributed by atoms with Gasteiger partial charge in [-0.1, -0.05) is 22.0 Å². The van der Waals surface area contributed by atoms with Crippen molar-refractivity contribution in [2.45, 2.75) is 6.61 Å². The number of aromatic amines is 1. The van der Waals surface area contributed by atoms with Crippen molar-refractivity contribution in [2.24, 2.45) is 0 Å². The Hall–Kier alpha value is -2.93. The molecule has 0 saturated heterocycles. The zero-order chi connectivity index (χ0) is 17.2. The van der Waals surface area contributed by atoms with Crippen molar-refractivity contribution < 1.29 is 4.74 Å². The molecule has 4 rings (SSSR count). The van der Waals surface area contributed by atoms with E-state index in [4.69, 9.17) is 10.5 Å². The molecule has 0 aliphatic rings. The minimum Gasteiger partial charge on any atom is -0.485 e. The fourth-order valence-electron chi connectivity index (χ4n) is 2.62. The van der Waals surface area contributed by atoms with Crippen molar-refractivity contribution in [3.8, 4) is 17.0 Å². The highest BCUT2D eigenvalue weighted by Gasteiger charge is 2.15. The number of hydrogen-bond acceptors (Lipinski definition) is 5. The molecule has 7 heteroatoms. The zero-order valence-electron chi connectivity index (χ0n) is 13.1. The molecule has 4 aromatic rings. The number of nitrogens with zero attached hydrogens (tertiary/aromatic N) is 3. The predicted molar refractivity (Wildman–Crippen MR) is 100 cm³/mol. The molecular formula is C18H14BrN5O. The summed E-state index contributed by atoms with van der Waals surface area (Å²) in [6.45, 7) is 0.375. The fourth-order valence-corrected chi connectivity index (χ4v) is 2.98. The largest absolute Gasteiger partial charge is 0.485 e. The van der Waals surface area contributed by atoms with E-state index >= 15 is 0 Å². The lowest BCUT2D eigenvalue weighted by Gasteiger charge is -2.10. The summed E-state index contributed by atoms with van der Waals surface area (Å²) >= 11 is 3.51. The average molecular weight is 396 g/mol. The molecule has 3 N–H and O–H groups in total. The Kier molecular flexibility index (Phi) is 4.07. The summed E-state index contributed by atoms with van der Waals surface area (Å²) in [6.07, 6.45) is 6.99. The summed E-state index contributed by atoms with van der Waals surface area (Å²) in [6, 6.07) is 9.84. The number of nitrogen functional groups attached to an aromatic ring is 1. The molecule has 0 saturated carbocycles. The lowest BCUT2D eigenvalue weighted by Crippen LogP contribution is -2.02. The molecule has 0 fully saturated rings. The number of hydrogen-bond donors (Lipinski definition) is 2. The number of rotatable bonds is 4. The normalized spacial score (nSPS) is 10.9. The maximum atomic E-state index is 5.93. The Labute approximate surface area is 152 Å². The molecule has 124 valence electrons. The Balaban J connectivity index is 1.75. The molecule has 3 heterocycles. The van der Waals surface area contributed by atoms with E-state index in [0.717, 1.165) is 26.5 Å². The van der Waals surface area contributed by atoms with Crippen LogP contribution in [0.4, 0.5) is 5.95 Å². The number of fused-ring (bicyclic) bond motifs is 1. The van der Waals surface area contributed by atoms with Crippen LogP contribution in [-0.4, -0.2) is 19.9 Å². The van der Waals surface area contributed by atoms with E-state index in [2.05, 4.69) is 35.9 Å². The van der Waals surface area contributed by atoms with Crippen LogP contribution in [0.2, 0.25) is 0 Å². The van der Waals surface area contributed by atoms with Crippen molar-refractivity contribution in [1.82, 2.24) is 19.9 Å². The highest BCUT2D eigenvalue weighted by Crippen LogP contribution is 2.35. The Bertz CT molecular complexity index is 1030. The van der Waals surface area contributed by atoms with Gasteiger partial charge in [0.1, 0.15) is 12.3 Å². The molecule has 0 bridgehead atoms. The van der Waals surface area contributed by atoms with Crippen LogP contribution in [0.15, 0.2) is 59.6 Å². The monoisotopic (exact) mass is 395 g/mol. The molecule has 3 aromatic heterocycles. The zero-order valence-corrected chi connectivity index (χ0v) is 14.7. The van der Waals surface area contributed by atoms with Gasteiger partial charge >= 0.3 is 0 Å². The van der Waals surface area contributed by atoms with Gasteiger partial charge in [-0.2, -0.15) is 0 Å². The van der Waals surface area contributed by atoms with Gasteiger partial charge in [-0.3, -0.25) is 4.98 Å². The van der Waals surface area contributed by atoms with Crippen molar-refractivity contribution >= 4 is 32.8 Å². The molecule has 0 aliphatic heterocycles. The first kappa shape index (κ1) is 15.6. The van der Waals surface area contributed by atoms with Crippen LogP contribution in [-0.2, 0) is 6.61 Å². The quantitative estimate of drug-likeness (QED) is 0.545. The second-order valence-corrected chi connectivity index (χ2v) is 6.40. The van der Waals surface area contributed by atoms with E-state index < -0.39 is 0 Å². The molecule has 6 nitrogen and oxygen atoms in total. The van der Waals surface area contributed by atoms with Crippen molar-refractivity contribution in [3.63, 3.8) is 0 Å². The molecule has 0 atom stereocenters. The third-order valence-corrected chi connectivity index (χ3v) is 4.28. The molecular weight excluding hydrogens is 382 g/mol. The molecule has 25 heavy (non-hydrogen) atoms. The average Bonchev–Trinajstić information content (AvgIpc) is 3.04. The molecule has 1 aromatic carbocycles. The topological polar surface area (TPSA) is 89.7 Å². The van der Waals surface area contributed by atoms with Crippen molar-refractivity contribution in [2.75, 3.05) is 5.73 Å². The summed E-state index contributed by atoms with van der Waals surface area (Å²) in [4.78, 5) is 15.8. The van der Waals surface area contributed by atoms with Crippen LogP contribution >= 0.6 is 15.9 Å². The van der Waals surface area contributed by atoms with Gasteiger partial charge in [0, 0.05) is 45.1 Å². The number of anilines is 1. The number of H-pyrrole nitrogens is 1. The number of nitrogens with one attached hydrogen (secondary N) is 1. The van der Waals surface area contributed by atoms with E-state index in [1.165, 1.54) is 0 Å². The molecule has 0 unspecified atom stereocenters. The van der Waals surface area contributed by atoms with Crippen LogP contribution < -0.4 is 10.5 Å². The van der Waals surface area contributed by atoms with E-state index in [9.17, 15) is 0 Å². The summed E-state index contributed by atoms with van der Waals surface area (Å²) in [7, 11) is 0. The highest BCUT2D eigenvalue weighted by molar-refractivity contribution is 9.10. The first-order valence-electron chi connectivity index (χ1n) is 7.62. The van der Waals surface area contributed by atoms with Gasteiger partial charge in [0.2, 0.25) is 5.95 Å². The van der Waals surface area contributed by atoms with Crippen LogP contribution in [0.3, 0.4) is 0 Å².